The summed E-state index contributed by atoms with van der Waals surface area (Å²) in [6, 6.07) is 37.5. The van der Waals surface area contributed by atoms with Crippen molar-refractivity contribution in [2.45, 2.75) is 18.7 Å². The minimum Gasteiger partial charge on any atom is -0.247 e. The van der Waals surface area contributed by atoms with E-state index in [2.05, 4.69) is 19.8 Å². The smallest absolute Gasteiger partial charge is 0.247 e. The predicted octanol–water partition coefficient (Wildman–Crippen LogP) is 7.83. The molecular weight excluding hydrogens is 558 g/mol. The molecule has 10 heteroatoms. The summed E-state index contributed by atoms with van der Waals surface area (Å²) in [6.45, 7) is 3.56. The number of rotatable bonds is 8. The van der Waals surface area contributed by atoms with Gasteiger partial charge < -0.3 is 0 Å². The van der Waals surface area contributed by atoms with Crippen LogP contribution in [0.5, 0.6) is 0 Å². The molecule has 0 bridgehead atoms. The van der Waals surface area contributed by atoms with Crippen molar-refractivity contribution in [1.29, 1.82) is 0 Å². The number of sulfonamides is 1. The van der Waals surface area contributed by atoms with E-state index in [-0.39, 0.29) is 10.8 Å². The molecule has 2 aromatic heterocycles. The molecule has 0 atom stereocenters. The summed E-state index contributed by atoms with van der Waals surface area (Å²) in [5.74, 6) is 0.0265. The van der Waals surface area contributed by atoms with Gasteiger partial charge >= 0.3 is 0 Å². The Hall–Kier alpha value is -5.48. The molecule has 1 N–H and O–H groups in total. The maximum absolute atomic E-state index is 13.0. The number of hydrogen-bond acceptors (Lipinski definition) is 7. The van der Waals surface area contributed by atoms with Gasteiger partial charge in [-0.3, -0.25) is 0 Å². The van der Waals surface area contributed by atoms with Crippen LogP contribution in [0.2, 0.25) is 0 Å². The van der Waals surface area contributed by atoms with Crippen LogP contribution in [0.25, 0.3) is 28.2 Å². The second-order valence-corrected chi connectivity index (χ2v) is 11.5. The molecule has 0 aliphatic heterocycles. The van der Waals surface area contributed by atoms with E-state index in [4.69, 9.17) is 10.2 Å². The molecule has 6 aromatic rings. The highest BCUT2D eigenvalue weighted by molar-refractivity contribution is 7.92. The fourth-order valence-corrected chi connectivity index (χ4v) is 5.60. The Bertz CT molecular complexity index is 1990. The van der Waals surface area contributed by atoms with Crippen molar-refractivity contribution in [1.82, 2.24) is 19.7 Å². The summed E-state index contributed by atoms with van der Waals surface area (Å²) in [6.07, 6.45) is 0. The summed E-state index contributed by atoms with van der Waals surface area (Å²) in [7, 11) is -3.90. The van der Waals surface area contributed by atoms with Gasteiger partial charge in [-0.2, -0.15) is 10.2 Å². The number of hydrogen-bond donors (Lipinski definition) is 1. The molecule has 43 heavy (non-hydrogen) atoms. The highest BCUT2D eigenvalue weighted by Gasteiger charge is 2.22. The van der Waals surface area contributed by atoms with Crippen molar-refractivity contribution in [3.05, 3.63) is 133 Å². The lowest BCUT2D eigenvalue weighted by molar-refractivity contribution is 0.601. The molecule has 4 aromatic carbocycles. The average molecular weight is 586 g/mol. The number of para-hydroxylation sites is 1. The van der Waals surface area contributed by atoms with E-state index >= 15 is 0 Å². The topological polar surface area (TPSA) is 114 Å². The maximum atomic E-state index is 13.0. The van der Waals surface area contributed by atoms with Gasteiger partial charge in [0.05, 0.1) is 16.3 Å². The van der Waals surface area contributed by atoms with E-state index in [0.29, 0.717) is 28.5 Å². The lowest BCUT2D eigenvalue weighted by Gasteiger charge is -2.08. The monoisotopic (exact) mass is 585 g/mol. The predicted molar refractivity (Wildman–Crippen MR) is 167 cm³/mol. The Morgan fingerprint density at radius 3 is 1.84 bits per heavy atom. The molecule has 0 unspecified atom stereocenters. The minimum absolute atomic E-state index is 0.0265. The molecule has 0 fully saturated rings. The molecule has 212 valence electrons. The Kier molecular flexibility index (Phi) is 7.59. The van der Waals surface area contributed by atoms with Crippen LogP contribution in [-0.2, 0) is 10.0 Å². The van der Waals surface area contributed by atoms with Crippen LogP contribution in [0.15, 0.2) is 136 Å². The molecular formula is C33H27N7O2S. The number of nitrogens with one attached hydrogen (secondary N) is 1. The first-order valence-corrected chi connectivity index (χ1v) is 15.0. The lowest BCUT2D eigenvalue weighted by Crippen LogP contribution is -2.15. The van der Waals surface area contributed by atoms with Crippen molar-refractivity contribution in [3.63, 3.8) is 0 Å². The number of azo groups is 1. The van der Waals surface area contributed by atoms with Crippen molar-refractivity contribution in [2.24, 2.45) is 10.2 Å². The van der Waals surface area contributed by atoms with Gasteiger partial charge in [-0.15, -0.1) is 5.11 Å². The Balaban J connectivity index is 1.40. The average Bonchev–Trinajstić information content (AvgIpc) is 3.40. The molecule has 0 spiro atoms. The summed E-state index contributed by atoms with van der Waals surface area (Å²) in [5.41, 5.74) is 6.56. The first-order valence-electron chi connectivity index (χ1n) is 13.5. The summed E-state index contributed by atoms with van der Waals surface area (Å²) in [5, 5.41) is 14.2. The quantitative estimate of drug-likeness (QED) is 0.183. The fraction of sp³-hybridized carbons (Fsp3) is 0.0606. The summed E-state index contributed by atoms with van der Waals surface area (Å²) < 4.78 is 30.3. The minimum atomic E-state index is -3.90. The van der Waals surface area contributed by atoms with Crippen LogP contribution >= 0.6 is 0 Å². The van der Waals surface area contributed by atoms with Crippen molar-refractivity contribution in [3.8, 4) is 28.2 Å². The number of aromatic nitrogens is 4. The van der Waals surface area contributed by atoms with Crippen molar-refractivity contribution < 1.29 is 8.42 Å². The van der Waals surface area contributed by atoms with Crippen LogP contribution < -0.4 is 4.72 Å². The fourth-order valence-electron chi connectivity index (χ4n) is 4.66. The van der Waals surface area contributed by atoms with Crippen LogP contribution in [-0.4, -0.2) is 28.2 Å². The Labute approximate surface area is 249 Å². The van der Waals surface area contributed by atoms with Crippen molar-refractivity contribution in [2.75, 3.05) is 4.72 Å². The van der Waals surface area contributed by atoms with Gasteiger partial charge in [-0.25, -0.2) is 27.8 Å². The molecule has 0 aliphatic rings. The molecule has 0 saturated heterocycles. The Morgan fingerprint density at radius 1 is 0.674 bits per heavy atom. The van der Waals surface area contributed by atoms with Gasteiger partial charge in [0, 0.05) is 22.5 Å². The summed E-state index contributed by atoms with van der Waals surface area (Å²) >= 11 is 0. The normalized spacial score (nSPS) is 11.6. The number of aryl methyl sites for hydroxylation is 2. The van der Waals surface area contributed by atoms with Crippen LogP contribution in [0.1, 0.15) is 11.4 Å². The highest BCUT2D eigenvalue weighted by atomic mass is 32.2. The van der Waals surface area contributed by atoms with Crippen LogP contribution in [0.4, 0.5) is 17.3 Å². The number of anilines is 1. The van der Waals surface area contributed by atoms with Gasteiger partial charge in [0.25, 0.3) is 10.0 Å². The van der Waals surface area contributed by atoms with Gasteiger partial charge in [0.15, 0.2) is 0 Å². The molecule has 0 amide bonds. The van der Waals surface area contributed by atoms with Gasteiger partial charge in [-0.05, 0) is 56.3 Å². The maximum Gasteiger partial charge on any atom is 0.264 e. The van der Waals surface area contributed by atoms with Crippen molar-refractivity contribution >= 4 is 27.3 Å². The molecule has 0 radical (unpaired) electrons. The zero-order valence-corrected chi connectivity index (χ0v) is 24.3. The van der Waals surface area contributed by atoms with Crippen LogP contribution in [0.3, 0.4) is 0 Å². The molecule has 0 saturated carbocycles. The molecule has 9 nitrogen and oxygen atoms in total. The second-order valence-electron chi connectivity index (χ2n) is 9.80. The molecule has 2 heterocycles. The van der Waals surface area contributed by atoms with Gasteiger partial charge in [0.1, 0.15) is 17.1 Å². The van der Waals surface area contributed by atoms with E-state index in [1.54, 1.807) is 32.0 Å². The largest absolute Gasteiger partial charge is 0.264 e. The van der Waals surface area contributed by atoms with E-state index < -0.39 is 10.0 Å². The van der Waals surface area contributed by atoms with E-state index in [1.807, 2.05) is 95.7 Å². The van der Waals surface area contributed by atoms with E-state index in [0.717, 1.165) is 22.5 Å². The zero-order valence-electron chi connectivity index (χ0n) is 23.5. The molecule has 0 aliphatic carbocycles. The number of benzene rings is 4. The first-order chi connectivity index (χ1) is 20.9. The first kappa shape index (κ1) is 27.7. The van der Waals surface area contributed by atoms with Gasteiger partial charge in [0.2, 0.25) is 5.95 Å². The third-order valence-electron chi connectivity index (χ3n) is 6.58. The lowest BCUT2D eigenvalue weighted by atomic mass is 10.1. The zero-order chi connectivity index (χ0) is 29.8. The third kappa shape index (κ3) is 6.09. The van der Waals surface area contributed by atoms with Gasteiger partial charge in [-0.1, -0.05) is 78.9 Å². The third-order valence-corrected chi connectivity index (χ3v) is 7.92. The Morgan fingerprint density at radius 2 is 1.23 bits per heavy atom. The van der Waals surface area contributed by atoms with E-state index in [9.17, 15) is 8.42 Å². The highest BCUT2D eigenvalue weighted by Crippen LogP contribution is 2.41. The SMILES string of the molecule is Cc1cc(C)nc(NS(=O)(=O)c2ccc(N=Nc3c(-c4ccccc4)nn(-c4ccccc4)c3-c3ccccc3)cc2)n1. The standard InChI is InChI=1S/C33H27N7O2S/c1-23-22-24(2)35-33(34-23)39-43(41,42)29-20-18-27(19-21-29)36-37-31-30(25-12-6-3-7-13-25)38-40(28-16-10-5-11-17-28)32(31)26-14-8-4-9-15-26/h3-22H,1-2H3,(H,34,35,39). The second kappa shape index (κ2) is 11.8. The van der Waals surface area contributed by atoms with Crippen LogP contribution in [0, 0.1) is 13.8 Å². The van der Waals surface area contributed by atoms with E-state index in [1.165, 1.54) is 12.1 Å². The number of nitrogens with zero attached hydrogens (tertiary/aromatic N) is 6. The summed E-state index contributed by atoms with van der Waals surface area (Å²) in [4.78, 5) is 8.40. The molecule has 6 rings (SSSR count).